The molecule has 1 aliphatic rings. The molecular weight excluding hydrogens is 496 g/mol. The summed E-state index contributed by atoms with van der Waals surface area (Å²) in [5.41, 5.74) is 1.07. The first-order valence-corrected chi connectivity index (χ1v) is 12.1. The number of hydrogen-bond donors (Lipinski definition) is 2. The van der Waals surface area contributed by atoms with Gasteiger partial charge in [0.25, 0.3) is 0 Å². The van der Waals surface area contributed by atoms with Gasteiger partial charge in [-0.05, 0) is 38.1 Å². The minimum atomic E-state index is -0.702. The molecule has 5 rings (SSSR count). The van der Waals surface area contributed by atoms with Gasteiger partial charge in [-0.25, -0.2) is 13.6 Å². The molecule has 38 heavy (non-hydrogen) atoms. The molecule has 1 atom stereocenters. The largest absolute Gasteiger partial charge is 0.490 e. The van der Waals surface area contributed by atoms with Crippen LogP contribution in [0.15, 0.2) is 60.8 Å². The number of anilines is 1. The molecule has 3 aromatic carbocycles. The van der Waals surface area contributed by atoms with E-state index in [1.54, 1.807) is 43.5 Å². The highest BCUT2D eigenvalue weighted by Crippen LogP contribution is 2.48. The van der Waals surface area contributed by atoms with E-state index < -0.39 is 23.7 Å². The molecule has 0 saturated heterocycles. The van der Waals surface area contributed by atoms with E-state index in [0.717, 1.165) is 6.07 Å². The highest BCUT2D eigenvalue weighted by Gasteiger charge is 2.25. The Balaban J connectivity index is 1.35. The SMILES string of the molecule is CCOc1cc2nccc(Oc3ccc(NC(=O)NC(C)c4ccccc4F)cc3F)c2c2c1OCCO2. The number of carbonyl (C=O) groups excluding carboxylic acids is 1. The smallest absolute Gasteiger partial charge is 0.319 e. The standard InChI is InChI=1S/C28H25F2N3O5/c1-3-35-24-15-21-25(27-26(24)36-12-13-37-27)23(10-11-31-21)38-22-9-8-17(14-20(22)30)33-28(34)32-16(2)18-6-4-5-7-19(18)29/h4-11,14-16H,3,12-13H2,1-2H3,(H2,32,33,34). The number of fused-ring (bicyclic) bond motifs is 3. The van der Waals surface area contributed by atoms with Crippen LogP contribution in [-0.4, -0.2) is 30.8 Å². The lowest BCUT2D eigenvalue weighted by molar-refractivity contribution is 0.165. The molecule has 2 N–H and O–H groups in total. The lowest BCUT2D eigenvalue weighted by Crippen LogP contribution is -2.31. The van der Waals surface area contributed by atoms with Crippen LogP contribution in [0.4, 0.5) is 19.3 Å². The second kappa shape index (κ2) is 10.8. The fraction of sp³-hybridized carbons (Fsp3) is 0.214. The monoisotopic (exact) mass is 521 g/mol. The predicted molar refractivity (Wildman–Crippen MR) is 137 cm³/mol. The first-order valence-electron chi connectivity index (χ1n) is 12.1. The Morgan fingerprint density at radius 1 is 1.00 bits per heavy atom. The van der Waals surface area contributed by atoms with E-state index in [9.17, 15) is 9.18 Å². The number of amides is 2. The molecule has 1 aliphatic heterocycles. The van der Waals surface area contributed by atoms with Crippen molar-refractivity contribution in [3.05, 3.63) is 78.0 Å². The molecule has 10 heteroatoms. The fourth-order valence-electron chi connectivity index (χ4n) is 4.17. The van der Waals surface area contributed by atoms with Gasteiger partial charge in [-0.1, -0.05) is 18.2 Å². The third-order valence-corrected chi connectivity index (χ3v) is 5.87. The highest BCUT2D eigenvalue weighted by molar-refractivity contribution is 5.95. The van der Waals surface area contributed by atoms with Crippen LogP contribution in [0.1, 0.15) is 25.5 Å². The summed E-state index contributed by atoms with van der Waals surface area (Å²) in [5, 5.41) is 5.71. The van der Waals surface area contributed by atoms with Crippen LogP contribution in [0, 0.1) is 11.6 Å². The Kier molecular flexibility index (Phi) is 7.12. The lowest BCUT2D eigenvalue weighted by atomic mass is 10.1. The molecule has 0 spiro atoms. The third kappa shape index (κ3) is 5.10. The zero-order valence-electron chi connectivity index (χ0n) is 20.7. The summed E-state index contributed by atoms with van der Waals surface area (Å²) in [6, 6.07) is 12.3. The van der Waals surface area contributed by atoms with Gasteiger partial charge < -0.3 is 29.6 Å². The number of rotatable bonds is 7. The van der Waals surface area contributed by atoms with Crippen LogP contribution < -0.4 is 29.6 Å². The third-order valence-electron chi connectivity index (χ3n) is 5.87. The van der Waals surface area contributed by atoms with Gasteiger partial charge in [0.2, 0.25) is 5.75 Å². The zero-order valence-corrected chi connectivity index (χ0v) is 20.7. The molecule has 196 valence electrons. The van der Waals surface area contributed by atoms with Crippen molar-refractivity contribution >= 4 is 22.6 Å². The number of aromatic nitrogens is 1. The number of hydrogen-bond acceptors (Lipinski definition) is 6. The Morgan fingerprint density at radius 3 is 2.55 bits per heavy atom. The van der Waals surface area contributed by atoms with Crippen molar-refractivity contribution in [1.29, 1.82) is 0 Å². The molecule has 1 aromatic heterocycles. The van der Waals surface area contributed by atoms with E-state index in [-0.39, 0.29) is 11.4 Å². The molecule has 4 aromatic rings. The van der Waals surface area contributed by atoms with Gasteiger partial charge in [0.05, 0.1) is 23.6 Å². The lowest BCUT2D eigenvalue weighted by Gasteiger charge is -2.23. The number of carbonyl (C=O) groups is 1. The summed E-state index contributed by atoms with van der Waals surface area (Å²) >= 11 is 0. The van der Waals surface area contributed by atoms with E-state index in [0.29, 0.717) is 59.3 Å². The Bertz CT molecular complexity index is 1500. The van der Waals surface area contributed by atoms with Crippen LogP contribution in [-0.2, 0) is 0 Å². The number of ether oxygens (including phenoxy) is 4. The minimum absolute atomic E-state index is 0.0671. The van der Waals surface area contributed by atoms with Crippen molar-refractivity contribution < 1.29 is 32.5 Å². The molecule has 2 amide bonds. The summed E-state index contributed by atoms with van der Waals surface area (Å²) in [4.78, 5) is 16.8. The highest BCUT2D eigenvalue weighted by atomic mass is 19.1. The van der Waals surface area contributed by atoms with Gasteiger partial charge in [-0.15, -0.1) is 0 Å². The first-order chi connectivity index (χ1) is 18.4. The maximum atomic E-state index is 15.0. The summed E-state index contributed by atoms with van der Waals surface area (Å²) in [6.45, 7) is 4.65. The minimum Gasteiger partial charge on any atom is -0.490 e. The van der Waals surface area contributed by atoms with E-state index in [1.165, 1.54) is 18.2 Å². The van der Waals surface area contributed by atoms with Crippen LogP contribution in [0.2, 0.25) is 0 Å². The molecule has 0 aliphatic carbocycles. The van der Waals surface area contributed by atoms with Crippen molar-refractivity contribution in [3.8, 4) is 28.7 Å². The number of nitrogens with zero attached hydrogens (tertiary/aromatic N) is 1. The topological polar surface area (TPSA) is 90.9 Å². The summed E-state index contributed by atoms with van der Waals surface area (Å²) in [6.07, 6.45) is 1.54. The van der Waals surface area contributed by atoms with Crippen molar-refractivity contribution in [2.45, 2.75) is 19.9 Å². The van der Waals surface area contributed by atoms with Crippen molar-refractivity contribution in [1.82, 2.24) is 10.3 Å². The second-order valence-corrected chi connectivity index (χ2v) is 8.46. The van der Waals surface area contributed by atoms with Crippen LogP contribution in [0.3, 0.4) is 0 Å². The number of urea groups is 1. The van der Waals surface area contributed by atoms with Crippen LogP contribution in [0.25, 0.3) is 10.9 Å². The predicted octanol–water partition coefficient (Wildman–Crippen LogP) is 6.36. The summed E-state index contributed by atoms with van der Waals surface area (Å²) in [7, 11) is 0. The van der Waals surface area contributed by atoms with Crippen molar-refractivity contribution in [3.63, 3.8) is 0 Å². The number of halogens is 2. The molecule has 1 unspecified atom stereocenters. The van der Waals surface area contributed by atoms with Gasteiger partial charge in [0, 0.05) is 29.6 Å². The molecule has 0 bridgehead atoms. The van der Waals surface area contributed by atoms with Gasteiger partial charge in [0.15, 0.2) is 23.1 Å². The Morgan fingerprint density at radius 2 is 1.79 bits per heavy atom. The summed E-state index contributed by atoms with van der Waals surface area (Å²) < 4.78 is 52.3. The maximum Gasteiger partial charge on any atom is 0.319 e. The van der Waals surface area contributed by atoms with Crippen LogP contribution >= 0.6 is 0 Å². The molecule has 8 nitrogen and oxygen atoms in total. The average Bonchev–Trinajstić information content (AvgIpc) is 2.90. The number of benzene rings is 3. The van der Waals surface area contributed by atoms with E-state index >= 15 is 4.39 Å². The van der Waals surface area contributed by atoms with Crippen molar-refractivity contribution in [2.75, 3.05) is 25.1 Å². The van der Waals surface area contributed by atoms with E-state index in [4.69, 9.17) is 18.9 Å². The number of nitrogens with one attached hydrogen (secondary N) is 2. The number of pyridine rings is 1. The average molecular weight is 522 g/mol. The quantitative estimate of drug-likeness (QED) is 0.294. The van der Waals surface area contributed by atoms with Gasteiger partial charge in [-0.3, -0.25) is 4.98 Å². The molecular formula is C28H25F2N3O5. The molecule has 2 heterocycles. The van der Waals surface area contributed by atoms with Crippen molar-refractivity contribution in [2.24, 2.45) is 0 Å². The normalized spacial score (nSPS) is 13.1. The van der Waals surface area contributed by atoms with Gasteiger partial charge in [-0.2, -0.15) is 0 Å². The Hall–Kier alpha value is -4.60. The van der Waals surface area contributed by atoms with Gasteiger partial charge in [0.1, 0.15) is 24.8 Å². The van der Waals surface area contributed by atoms with Crippen LogP contribution in [0.5, 0.6) is 28.7 Å². The van der Waals surface area contributed by atoms with E-state index in [2.05, 4.69) is 15.6 Å². The zero-order chi connectivity index (χ0) is 26.6. The second-order valence-electron chi connectivity index (χ2n) is 8.46. The Labute approximate surface area is 217 Å². The van der Waals surface area contributed by atoms with E-state index in [1.807, 2.05) is 6.92 Å². The molecule has 0 fully saturated rings. The van der Waals surface area contributed by atoms with Gasteiger partial charge >= 0.3 is 6.03 Å². The first kappa shape index (κ1) is 25.1. The fourth-order valence-corrected chi connectivity index (χ4v) is 4.17. The maximum absolute atomic E-state index is 15.0. The molecule has 0 radical (unpaired) electrons. The molecule has 0 saturated carbocycles. The summed E-state index contributed by atoms with van der Waals surface area (Å²) in [5.74, 6) is 0.483.